The lowest BCUT2D eigenvalue weighted by Crippen LogP contribution is -2.14. The average molecular weight is 187 g/mol. The maximum absolute atomic E-state index is 12.8. The van der Waals surface area contributed by atoms with Crippen molar-refractivity contribution in [1.82, 2.24) is 0 Å². The molecule has 74 valence electrons. The molecule has 0 rings (SSSR count). The van der Waals surface area contributed by atoms with Crippen LogP contribution < -0.4 is 5.73 Å². The van der Waals surface area contributed by atoms with Gasteiger partial charge in [-0.3, -0.25) is 0 Å². The summed E-state index contributed by atoms with van der Waals surface area (Å²) in [6, 6.07) is -0.226. The molecule has 0 bridgehead atoms. The number of alkyl halides is 2. The minimum atomic E-state index is -2.85. The Morgan fingerprint density at radius 2 is 2.08 bits per heavy atom. The molecule has 0 spiro atoms. The van der Waals surface area contributed by atoms with Crippen molar-refractivity contribution in [2.75, 3.05) is 0 Å². The molecule has 0 aliphatic carbocycles. The van der Waals surface area contributed by atoms with Crippen molar-refractivity contribution in [3.05, 3.63) is 36.5 Å². The molecular formula is C10H15F2N. The first-order valence-corrected chi connectivity index (χ1v) is 4.02. The van der Waals surface area contributed by atoms with Crippen LogP contribution in [-0.4, -0.2) is 12.0 Å². The zero-order valence-corrected chi connectivity index (χ0v) is 7.93. The van der Waals surface area contributed by atoms with E-state index in [1.807, 2.05) is 0 Å². The Morgan fingerprint density at radius 1 is 1.54 bits per heavy atom. The van der Waals surface area contributed by atoms with Crippen molar-refractivity contribution in [2.24, 2.45) is 5.73 Å². The van der Waals surface area contributed by atoms with Crippen LogP contribution in [0.4, 0.5) is 8.78 Å². The van der Waals surface area contributed by atoms with E-state index in [4.69, 9.17) is 5.73 Å². The van der Waals surface area contributed by atoms with Gasteiger partial charge in [0, 0.05) is 18.5 Å². The molecule has 1 atom stereocenters. The van der Waals surface area contributed by atoms with E-state index in [0.717, 1.165) is 6.92 Å². The molecule has 0 amide bonds. The summed E-state index contributed by atoms with van der Waals surface area (Å²) in [5, 5.41) is 0. The monoisotopic (exact) mass is 187 g/mol. The van der Waals surface area contributed by atoms with Crippen molar-refractivity contribution in [3.63, 3.8) is 0 Å². The summed E-state index contributed by atoms with van der Waals surface area (Å²) >= 11 is 0. The van der Waals surface area contributed by atoms with E-state index >= 15 is 0 Å². The van der Waals surface area contributed by atoms with Crippen LogP contribution in [0.2, 0.25) is 0 Å². The summed E-state index contributed by atoms with van der Waals surface area (Å²) in [7, 11) is 0. The number of rotatable bonds is 4. The number of hydrogen-bond acceptors (Lipinski definition) is 1. The van der Waals surface area contributed by atoms with Crippen LogP contribution in [0.15, 0.2) is 36.5 Å². The lowest BCUT2D eigenvalue weighted by Gasteiger charge is -2.11. The van der Waals surface area contributed by atoms with E-state index in [0.29, 0.717) is 0 Å². The molecule has 1 unspecified atom stereocenters. The van der Waals surface area contributed by atoms with Gasteiger partial charge in [0.2, 0.25) is 0 Å². The number of hydrogen-bond donors (Lipinski definition) is 1. The fourth-order valence-electron chi connectivity index (χ4n) is 0.731. The average Bonchev–Trinajstić information content (AvgIpc) is 1.95. The standard InChI is InChI=1S/C10H15F2N/c1-4-5-9(10(3,11)12)7-6-8(2)13/h4-8H,1,13H2,2-3H3/b7-6-,9-5+. The van der Waals surface area contributed by atoms with Crippen molar-refractivity contribution < 1.29 is 8.78 Å². The molecule has 2 N–H and O–H groups in total. The first-order chi connectivity index (χ1) is 5.88. The highest BCUT2D eigenvalue weighted by Gasteiger charge is 2.24. The van der Waals surface area contributed by atoms with Gasteiger partial charge in [0.25, 0.3) is 5.92 Å². The second-order valence-corrected chi connectivity index (χ2v) is 2.96. The van der Waals surface area contributed by atoms with Crippen molar-refractivity contribution in [2.45, 2.75) is 25.8 Å². The predicted octanol–water partition coefficient (Wildman–Crippen LogP) is 2.66. The van der Waals surface area contributed by atoms with Gasteiger partial charge in [-0.15, -0.1) is 0 Å². The molecular weight excluding hydrogens is 172 g/mol. The molecule has 0 aliphatic heterocycles. The molecule has 0 saturated carbocycles. The van der Waals surface area contributed by atoms with Gasteiger partial charge < -0.3 is 5.73 Å². The molecule has 0 aromatic rings. The normalized spacial score (nSPS) is 16.2. The van der Waals surface area contributed by atoms with Crippen LogP contribution in [0.25, 0.3) is 0 Å². The van der Waals surface area contributed by atoms with Gasteiger partial charge in [0.05, 0.1) is 0 Å². The smallest absolute Gasteiger partial charge is 0.270 e. The van der Waals surface area contributed by atoms with Gasteiger partial charge in [0.15, 0.2) is 0 Å². The maximum Gasteiger partial charge on any atom is 0.270 e. The Labute approximate surface area is 77.6 Å². The molecule has 0 saturated heterocycles. The zero-order valence-electron chi connectivity index (χ0n) is 7.93. The summed E-state index contributed by atoms with van der Waals surface area (Å²) in [5.74, 6) is -2.85. The maximum atomic E-state index is 12.8. The van der Waals surface area contributed by atoms with E-state index in [9.17, 15) is 8.78 Å². The summed E-state index contributed by atoms with van der Waals surface area (Å²) < 4.78 is 25.6. The largest absolute Gasteiger partial charge is 0.325 e. The van der Waals surface area contributed by atoms with Gasteiger partial charge in [0.1, 0.15) is 0 Å². The number of nitrogens with two attached hydrogens (primary N) is 1. The Bertz CT molecular complexity index is 222. The second-order valence-electron chi connectivity index (χ2n) is 2.96. The van der Waals surface area contributed by atoms with Crippen LogP contribution >= 0.6 is 0 Å². The molecule has 0 aliphatic rings. The first kappa shape index (κ1) is 12.0. The van der Waals surface area contributed by atoms with E-state index in [-0.39, 0.29) is 11.6 Å². The lowest BCUT2D eigenvalue weighted by molar-refractivity contribution is 0.0675. The van der Waals surface area contributed by atoms with E-state index in [2.05, 4.69) is 6.58 Å². The summed E-state index contributed by atoms with van der Waals surface area (Å²) in [6.45, 7) is 5.93. The molecule has 1 nitrogen and oxygen atoms in total. The Morgan fingerprint density at radius 3 is 2.38 bits per heavy atom. The Balaban J connectivity index is 4.65. The lowest BCUT2D eigenvalue weighted by atomic mass is 10.1. The van der Waals surface area contributed by atoms with Crippen molar-refractivity contribution >= 4 is 0 Å². The number of halogens is 2. The van der Waals surface area contributed by atoms with Gasteiger partial charge in [-0.05, 0) is 6.92 Å². The van der Waals surface area contributed by atoms with Crippen LogP contribution in [0.1, 0.15) is 13.8 Å². The SMILES string of the molecule is C=C/C=C(\C=C/C(C)N)C(C)(F)F. The first-order valence-electron chi connectivity index (χ1n) is 4.02. The van der Waals surface area contributed by atoms with E-state index in [1.165, 1.54) is 24.3 Å². The van der Waals surface area contributed by atoms with Crippen LogP contribution in [0, 0.1) is 0 Å². The van der Waals surface area contributed by atoms with E-state index < -0.39 is 5.92 Å². The second kappa shape index (κ2) is 4.92. The highest BCUT2D eigenvalue weighted by Crippen LogP contribution is 2.24. The summed E-state index contributed by atoms with van der Waals surface area (Å²) in [6.07, 6.45) is 5.45. The highest BCUT2D eigenvalue weighted by molar-refractivity contribution is 5.29. The van der Waals surface area contributed by atoms with Crippen LogP contribution in [0.3, 0.4) is 0 Å². The van der Waals surface area contributed by atoms with Gasteiger partial charge in [-0.25, -0.2) is 8.78 Å². The van der Waals surface area contributed by atoms with Crippen LogP contribution in [-0.2, 0) is 0 Å². The Hall–Kier alpha value is -0.960. The fraction of sp³-hybridized carbons (Fsp3) is 0.400. The van der Waals surface area contributed by atoms with E-state index in [1.54, 1.807) is 6.92 Å². The molecule has 13 heavy (non-hydrogen) atoms. The molecule has 0 heterocycles. The molecule has 3 heteroatoms. The fourth-order valence-corrected chi connectivity index (χ4v) is 0.731. The molecule has 0 aromatic carbocycles. The third-order valence-electron chi connectivity index (χ3n) is 1.38. The Kier molecular flexibility index (Phi) is 4.56. The third kappa shape index (κ3) is 5.31. The van der Waals surface area contributed by atoms with Gasteiger partial charge in [-0.1, -0.05) is 30.9 Å². The highest BCUT2D eigenvalue weighted by atomic mass is 19.3. The third-order valence-corrected chi connectivity index (χ3v) is 1.38. The van der Waals surface area contributed by atoms with Gasteiger partial charge >= 0.3 is 0 Å². The van der Waals surface area contributed by atoms with Crippen LogP contribution in [0.5, 0.6) is 0 Å². The minimum absolute atomic E-state index is 0.0835. The minimum Gasteiger partial charge on any atom is -0.325 e. The topological polar surface area (TPSA) is 26.0 Å². The summed E-state index contributed by atoms with van der Waals surface area (Å²) in [5.41, 5.74) is 5.31. The summed E-state index contributed by atoms with van der Waals surface area (Å²) in [4.78, 5) is 0. The van der Waals surface area contributed by atoms with Crippen molar-refractivity contribution in [3.8, 4) is 0 Å². The zero-order chi connectivity index (χ0) is 10.5. The molecule has 0 radical (unpaired) electrons. The predicted molar refractivity (Wildman–Crippen MR) is 51.7 cm³/mol. The molecule has 0 aromatic heterocycles. The molecule has 0 fully saturated rings. The number of allylic oxidation sites excluding steroid dienone is 4. The van der Waals surface area contributed by atoms with Crippen molar-refractivity contribution in [1.29, 1.82) is 0 Å². The van der Waals surface area contributed by atoms with Gasteiger partial charge in [-0.2, -0.15) is 0 Å². The quantitative estimate of drug-likeness (QED) is 0.673.